The van der Waals surface area contributed by atoms with Gasteiger partial charge in [-0.05, 0) is 86.0 Å². The van der Waals surface area contributed by atoms with Gasteiger partial charge in [0, 0.05) is 18.7 Å². The lowest BCUT2D eigenvalue weighted by Crippen LogP contribution is -2.62. The Morgan fingerprint density at radius 2 is 1.52 bits per heavy atom. The molecule has 1 atom stereocenters. The molecule has 1 amide bonds. The van der Waals surface area contributed by atoms with Gasteiger partial charge in [-0.1, -0.05) is 13.8 Å². The Labute approximate surface area is 184 Å². The first kappa shape index (κ1) is 22.3. The number of nitrogens with zero attached hydrogens (tertiary/aromatic N) is 1. The Kier molecular flexibility index (Phi) is 5.89. The Morgan fingerprint density at radius 1 is 1.03 bits per heavy atom. The Hall–Kier alpha value is -1.93. The molecule has 0 spiro atoms. The average Bonchev–Trinajstić information content (AvgIpc) is 2.71. The zero-order valence-electron chi connectivity index (χ0n) is 18.2. The summed E-state index contributed by atoms with van der Waals surface area (Å²) < 4.78 is 26.6. The normalized spacial score (nSPS) is 30.4. The van der Waals surface area contributed by atoms with Gasteiger partial charge in [-0.15, -0.1) is 0 Å². The van der Waals surface area contributed by atoms with E-state index in [4.69, 9.17) is 0 Å². The second-order valence-electron chi connectivity index (χ2n) is 9.62. The lowest BCUT2D eigenvalue weighted by Gasteiger charge is -2.59. The van der Waals surface area contributed by atoms with Crippen molar-refractivity contribution in [2.24, 2.45) is 23.2 Å². The van der Waals surface area contributed by atoms with Crippen LogP contribution in [0.2, 0.25) is 0 Å². The van der Waals surface area contributed by atoms with E-state index in [1.807, 2.05) is 0 Å². The van der Waals surface area contributed by atoms with Crippen molar-refractivity contribution in [3.8, 4) is 0 Å². The number of carboxylic acid groups (broad SMARTS) is 1. The maximum absolute atomic E-state index is 12.9. The molecule has 0 unspecified atom stereocenters. The van der Waals surface area contributed by atoms with E-state index in [0.29, 0.717) is 30.8 Å². The molecule has 4 aliphatic carbocycles. The number of hydrogen-bond donors (Lipinski definition) is 1. The van der Waals surface area contributed by atoms with Crippen LogP contribution >= 0.6 is 0 Å². The summed E-state index contributed by atoms with van der Waals surface area (Å²) in [5.74, 6) is -0.0773. The van der Waals surface area contributed by atoms with E-state index < -0.39 is 33.4 Å². The maximum atomic E-state index is 12.9. The smallest absolute Gasteiger partial charge is 0.251 e. The van der Waals surface area contributed by atoms with Gasteiger partial charge in [0.1, 0.15) is 0 Å². The van der Waals surface area contributed by atoms with Crippen LogP contribution in [0.3, 0.4) is 0 Å². The third kappa shape index (κ3) is 4.00. The Balaban J connectivity index is 1.52. The molecule has 5 rings (SSSR count). The van der Waals surface area contributed by atoms with Crippen LogP contribution in [0.1, 0.15) is 62.7 Å². The van der Waals surface area contributed by atoms with E-state index in [2.05, 4.69) is 5.32 Å². The fourth-order valence-corrected chi connectivity index (χ4v) is 8.16. The summed E-state index contributed by atoms with van der Waals surface area (Å²) in [4.78, 5) is 25.1. The molecular formula is C23H31N2O5S-. The minimum atomic E-state index is -3.61. The first-order chi connectivity index (χ1) is 14.7. The van der Waals surface area contributed by atoms with Crippen molar-refractivity contribution in [2.45, 2.75) is 63.3 Å². The quantitative estimate of drug-likeness (QED) is 0.654. The summed E-state index contributed by atoms with van der Waals surface area (Å²) >= 11 is 0. The van der Waals surface area contributed by atoms with Gasteiger partial charge in [0.25, 0.3) is 5.91 Å². The fraction of sp³-hybridized carbons (Fsp3) is 0.652. The van der Waals surface area contributed by atoms with E-state index in [0.717, 1.165) is 19.3 Å². The van der Waals surface area contributed by atoms with Crippen LogP contribution in [0.5, 0.6) is 0 Å². The number of carboxylic acids is 1. The number of nitrogens with one attached hydrogen (secondary N) is 1. The van der Waals surface area contributed by atoms with Crippen molar-refractivity contribution in [1.82, 2.24) is 9.62 Å². The molecule has 4 bridgehead atoms. The molecule has 0 aromatic heterocycles. The number of sulfonamides is 1. The number of aliphatic carboxylic acids is 1. The maximum Gasteiger partial charge on any atom is 0.251 e. The number of hydrogen-bond acceptors (Lipinski definition) is 5. The van der Waals surface area contributed by atoms with Crippen molar-refractivity contribution < 1.29 is 23.1 Å². The third-order valence-electron chi connectivity index (χ3n) is 7.67. The summed E-state index contributed by atoms with van der Waals surface area (Å²) in [5, 5.41) is 14.8. The summed E-state index contributed by atoms with van der Waals surface area (Å²) in [6, 6.07) is 4.67. The molecule has 1 aromatic rings. The van der Waals surface area contributed by atoms with Gasteiger partial charge in [0.15, 0.2) is 0 Å². The van der Waals surface area contributed by atoms with Gasteiger partial charge in [0.2, 0.25) is 10.0 Å². The SMILES string of the molecule is CCN(CC)S(=O)(=O)c1ccc(C(=O)N[C@@H](C(=O)[O-])C23CC4CC(CC(C4)C2)C3)cc1. The molecule has 1 N–H and O–H groups in total. The van der Waals surface area contributed by atoms with Crippen LogP contribution < -0.4 is 10.4 Å². The molecular weight excluding hydrogens is 416 g/mol. The molecule has 4 fully saturated rings. The van der Waals surface area contributed by atoms with Crippen molar-refractivity contribution in [3.63, 3.8) is 0 Å². The second kappa shape index (κ2) is 8.20. The Bertz CT molecular complexity index is 917. The zero-order valence-corrected chi connectivity index (χ0v) is 19.0. The standard InChI is InChI=1S/C23H32N2O5S/c1-3-25(4-2)31(29,30)19-7-5-18(6-8-19)21(26)24-20(22(27)28)23-12-15-9-16(13-23)11-17(10-15)14-23/h5-8,15-17,20H,3-4,9-14H2,1-2H3,(H,24,26)(H,27,28)/p-1/t15?,16?,17?,20-,23?/m0/s1. The molecule has 0 saturated heterocycles. The summed E-state index contributed by atoms with van der Waals surface area (Å²) in [5.41, 5.74) is -0.176. The van der Waals surface area contributed by atoms with Crippen molar-refractivity contribution in [2.75, 3.05) is 13.1 Å². The van der Waals surface area contributed by atoms with Crippen molar-refractivity contribution in [3.05, 3.63) is 29.8 Å². The van der Waals surface area contributed by atoms with Crippen LogP contribution in [0.4, 0.5) is 0 Å². The average molecular weight is 448 g/mol. The van der Waals surface area contributed by atoms with E-state index in [9.17, 15) is 23.1 Å². The predicted molar refractivity (Wildman–Crippen MR) is 113 cm³/mol. The first-order valence-electron chi connectivity index (χ1n) is 11.3. The fourth-order valence-electron chi connectivity index (χ4n) is 6.70. The number of carbonyl (C=O) groups excluding carboxylic acids is 2. The van der Waals surface area contributed by atoms with Crippen LogP contribution in [0, 0.1) is 23.2 Å². The predicted octanol–water partition coefficient (Wildman–Crippen LogP) is 1.78. The molecule has 4 aliphatic rings. The highest BCUT2D eigenvalue weighted by atomic mass is 32.2. The molecule has 7 nitrogen and oxygen atoms in total. The molecule has 0 radical (unpaired) electrons. The number of carbonyl (C=O) groups is 2. The van der Waals surface area contributed by atoms with Gasteiger partial charge < -0.3 is 15.2 Å². The number of rotatable bonds is 8. The molecule has 4 saturated carbocycles. The van der Waals surface area contributed by atoms with Crippen molar-refractivity contribution in [1.29, 1.82) is 0 Å². The zero-order chi connectivity index (χ0) is 22.4. The molecule has 8 heteroatoms. The third-order valence-corrected chi connectivity index (χ3v) is 9.73. The van der Waals surface area contributed by atoms with Gasteiger partial charge in [0.05, 0.1) is 16.9 Å². The van der Waals surface area contributed by atoms with E-state index in [1.165, 1.54) is 47.8 Å². The topological polar surface area (TPSA) is 107 Å². The van der Waals surface area contributed by atoms with Gasteiger partial charge >= 0.3 is 0 Å². The summed E-state index contributed by atoms with van der Waals surface area (Å²) in [6.07, 6.45) is 6.03. The summed E-state index contributed by atoms with van der Waals surface area (Å²) in [6.45, 7) is 4.26. The van der Waals surface area contributed by atoms with Crippen LogP contribution in [0.25, 0.3) is 0 Å². The van der Waals surface area contributed by atoms with E-state index >= 15 is 0 Å². The highest BCUT2D eigenvalue weighted by molar-refractivity contribution is 7.89. The number of amides is 1. The van der Waals surface area contributed by atoms with Gasteiger partial charge in [-0.2, -0.15) is 4.31 Å². The minimum absolute atomic E-state index is 0.116. The molecule has 1 aromatic carbocycles. The van der Waals surface area contributed by atoms with Crippen LogP contribution in [0.15, 0.2) is 29.2 Å². The molecule has 0 aliphatic heterocycles. The van der Waals surface area contributed by atoms with Crippen LogP contribution in [-0.4, -0.2) is 43.7 Å². The minimum Gasteiger partial charge on any atom is -0.548 e. The van der Waals surface area contributed by atoms with Crippen LogP contribution in [-0.2, 0) is 14.8 Å². The highest BCUT2D eigenvalue weighted by Gasteiger charge is 2.54. The Morgan fingerprint density at radius 3 is 1.94 bits per heavy atom. The van der Waals surface area contributed by atoms with Gasteiger partial charge in [-0.25, -0.2) is 8.42 Å². The highest BCUT2D eigenvalue weighted by Crippen LogP contribution is 2.61. The molecule has 31 heavy (non-hydrogen) atoms. The lowest BCUT2D eigenvalue weighted by atomic mass is 9.47. The summed E-state index contributed by atoms with van der Waals surface area (Å²) in [7, 11) is -3.61. The van der Waals surface area contributed by atoms with E-state index in [-0.39, 0.29) is 10.5 Å². The second-order valence-corrected chi connectivity index (χ2v) is 11.6. The first-order valence-corrected chi connectivity index (χ1v) is 12.7. The molecule has 0 heterocycles. The molecule has 170 valence electrons. The largest absolute Gasteiger partial charge is 0.548 e. The lowest BCUT2D eigenvalue weighted by molar-refractivity contribution is -0.313. The monoisotopic (exact) mass is 447 g/mol. The van der Waals surface area contributed by atoms with Crippen molar-refractivity contribution >= 4 is 21.9 Å². The van der Waals surface area contributed by atoms with Gasteiger partial charge in [-0.3, -0.25) is 4.79 Å². The van der Waals surface area contributed by atoms with E-state index in [1.54, 1.807) is 13.8 Å². The number of benzene rings is 1.